The summed E-state index contributed by atoms with van der Waals surface area (Å²) in [6.07, 6.45) is 6.38. The van der Waals surface area contributed by atoms with E-state index in [2.05, 4.69) is 12.0 Å². The topological polar surface area (TPSA) is 38.4 Å². The van der Waals surface area contributed by atoms with Crippen molar-refractivity contribution in [2.45, 2.75) is 39.0 Å². The van der Waals surface area contributed by atoms with E-state index in [-0.39, 0.29) is 0 Å². The van der Waals surface area contributed by atoms with Gasteiger partial charge in [0.25, 0.3) is 0 Å². The van der Waals surface area contributed by atoms with Gasteiger partial charge in [-0.05, 0) is 25.2 Å². The zero-order chi connectivity index (χ0) is 7.40. The van der Waals surface area contributed by atoms with Crippen molar-refractivity contribution in [2.75, 3.05) is 0 Å². The monoisotopic (exact) mass is 140 g/mol. The Labute approximate surface area is 62.5 Å². The molecule has 0 bridgehead atoms. The molecular formula is C8H16N2. The standard InChI is InChI=1S/C8H16N2/c1-2-8(10-9)7-5-3-4-6-7/h7H,2-6,9H2,1H3/b10-8+. The van der Waals surface area contributed by atoms with Gasteiger partial charge in [-0.3, -0.25) is 0 Å². The number of hydrogen-bond donors (Lipinski definition) is 1. The maximum atomic E-state index is 5.25. The van der Waals surface area contributed by atoms with Gasteiger partial charge in [0.2, 0.25) is 0 Å². The molecule has 0 spiro atoms. The molecule has 0 radical (unpaired) electrons. The highest BCUT2D eigenvalue weighted by Crippen LogP contribution is 2.26. The molecule has 0 unspecified atom stereocenters. The first-order valence-corrected chi connectivity index (χ1v) is 4.15. The van der Waals surface area contributed by atoms with E-state index in [1.54, 1.807) is 0 Å². The van der Waals surface area contributed by atoms with Crippen molar-refractivity contribution in [3.05, 3.63) is 0 Å². The van der Waals surface area contributed by atoms with Crippen LogP contribution in [-0.2, 0) is 0 Å². The normalized spacial score (nSPS) is 21.9. The van der Waals surface area contributed by atoms with Crippen molar-refractivity contribution in [3.63, 3.8) is 0 Å². The van der Waals surface area contributed by atoms with Crippen molar-refractivity contribution in [1.82, 2.24) is 0 Å². The van der Waals surface area contributed by atoms with Gasteiger partial charge in [-0.1, -0.05) is 19.8 Å². The Hall–Kier alpha value is -0.530. The lowest BCUT2D eigenvalue weighted by Crippen LogP contribution is -2.11. The van der Waals surface area contributed by atoms with E-state index in [1.807, 2.05) is 0 Å². The van der Waals surface area contributed by atoms with E-state index in [4.69, 9.17) is 5.84 Å². The van der Waals surface area contributed by atoms with Gasteiger partial charge in [0.15, 0.2) is 0 Å². The molecule has 1 saturated carbocycles. The summed E-state index contributed by atoms with van der Waals surface area (Å²) in [7, 11) is 0. The molecule has 10 heavy (non-hydrogen) atoms. The SMILES string of the molecule is CC/C(=N\N)C1CCCC1. The smallest absolute Gasteiger partial charge is 0.0404 e. The van der Waals surface area contributed by atoms with Crippen molar-refractivity contribution >= 4 is 5.71 Å². The highest BCUT2D eigenvalue weighted by molar-refractivity contribution is 5.86. The Morgan fingerprint density at radius 3 is 2.50 bits per heavy atom. The molecular weight excluding hydrogens is 124 g/mol. The largest absolute Gasteiger partial charge is 0.323 e. The fraction of sp³-hybridized carbons (Fsp3) is 0.875. The Bertz CT molecular complexity index is 123. The van der Waals surface area contributed by atoms with E-state index >= 15 is 0 Å². The number of nitrogens with two attached hydrogens (primary N) is 1. The van der Waals surface area contributed by atoms with Gasteiger partial charge in [-0.2, -0.15) is 5.10 Å². The highest BCUT2D eigenvalue weighted by Gasteiger charge is 2.18. The summed E-state index contributed by atoms with van der Waals surface area (Å²) in [5.41, 5.74) is 1.22. The first-order valence-electron chi connectivity index (χ1n) is 4.15. The van der Waals surface area contributed by atoms with Crippen LogP contribution in [0.3, 0.4) is 0 Å². The van der Waals surface area contributed by atoms with E-state index < -0.39 is 0 Å². The van der Waals surface area contributed by atoms with Crippen molar-refractivity contribution in [1.29, 1.82) is 0 Å². The Morgan fingerprint density at radius 2 is 2.10 bits per heavy atom. The summed E-state index contributed by atoms with van der Waals surface area (Å²) in [4.78, 5) is 0. The molecule has 2 heteroatoms. The molecule has 1 aliphatic carbocycles. The van der Waals surface area contributed by atoms with Crippen molar-refractivity contribution in [2.24, 2.45) is 16.9 Å². The van der Waals surface area contributed by atoms with Gasteiger partial charge in [-0.15, -0.1) is 0 Å². The molecule has 2 nitrogen and oxygen atoms in total. The predicted octanol–water partition coefficient (Wildman–Crippen LogP) is 1.90. The third kappa shape index (κ3) is 1.49. The van der Waals surface area contributed by atoms with E-state index in [1.165, 1.54) is 31.4 Å². The summed E-state index contributed by atoms with van der Waals surface area (Å²) in [5, 5.41) is 3.81. The molecule has 0 heterocycles. The van der Waals surface area contributed by atoms with E-state index in [9.17, 15) is 0 Å². The minimum atomic E-state index is 0.718. The van der Waals surface area contributed by atoms with Crippen LogP contribution in [0.5, 0.6) is 0 Å². The summed E-state index contributed by atoms with van der Waals surface area (Å²) >= 11 is 0. The van der Waals surface area contributed by atoms with Gasteiger partial charge >= 0.3 is 0 Å². The Kier molecular flexibility index (Phi) is 2.72. The number of hydrogen-bond acceptors (Lipinski definition) is 2. The van der Waals surface area contributed by atoms with Crippen LogP contribution in [0.25, 0.3) is 0 Å². The molecule has 1 aliphatic rings. The van der Waals surface area contributed by atoms with Crippen LogP contribution in [0.2, 0.25) is 0 Å². The third-order valence-electron chi connectivity index (χ3n) is 2.35. The lowest BCUT2D eigenvalue weighted by Gasteiger charge is -2.08. The lowest BCUT2D eigenvalue weighted by atomic mass is 10.0. The van der Waals surface area contributed by atoms with Gasteiger partial charge in [-0.25, -0.2) is 0 Å². The van der Waals surface area contributed by atoms with Gasteiger partial charge < -0.3 is 5.84 Å². The average Bonchev–Trinajstić information content (AvgIpc) is 2.43. The first-order chi connectivity index (χ1) is 4.88. The second-order valence-corrected chi connectivity index (χ2v) is 2.96. The van der Waals surface area contributed by atoms with Gasteiger partial charge in [0.05, 0.1) is 0 Å². The second-order valence-electron chi connectivity index (χ2n) is 2.96. The van der Waals surface area contributed by atoms with Crippen LogP contribution in [0.15, 0.2) is 5.10 Å². The minimum absolute atomic E-state index is 0.718. The molecule has 0 atom stereocenters. The summed E-state index contributed by atoms with van der Waals surface area (Å²) < 4.78 is 0. The highest BCUT2D eigenvalue weighted by atomic mass is 15.1. The maximum absolute atomic E-state index is 5.25. The Morgan fingerprint density at radius 1 is 1.50 bits per heavy atom. The maximum Gasteiger partial charge on any atom is 0.0404 e. The van der Waals surface area contributed by atoms with Crippen LogP contribution < -0.4 is 5.84 Å². The van der Waals surface area contributed by atoms with Crippen LogP contribution in [-0.4, -0.2) is 5.71 Å². The molecule has 1 fully saturated rings. The van der Waals surface area contributed by atoms with Crippen molar-refractivity contribution in [3.8, 4) is 0 Å². The van der Waals surface area contributed by atoms with Gasteiger partial charge in [0.1, 0.15) is 0 Å². The fourth-order valence-electron chi connectivity index (χ4n) is 1.74. The van der Waals surface area contributed by atoms with Crippen molar-refractivity contribution < 1.29 is 0 Å². The summed E-state index contributed by atoms with van der Waals surface area (Å²) in [5.74, 6) is 5.97. The molecule has 0 aliphatic heterocycles. The molecule has 0 aromatic rings. The molecule has 2 N–H and O–H groups in total. The number of hydrazone groups is 1. The van der Waals surface area contributed by atoms with Crippen LogP contribution >= 0.6 is 0 Å². The van der Waals surface area contributed by atoms with Crippen LogP contribution in [0.4, 0.5) is 0 Å². The number of rotatable bonds is 2. The second kappa shape index (κ2) is 3.59. The lowest BCUT2D eigenvalue weighted by molar-refractivity contribution is 0.710. The minimum Gasteiger partial charge on any atom is -0.323 e. The number of nitrogens with zero attached hydrogens (tertiary/aromatic N) is 1. The molecule has 0 aromatic heterocycles. The molecule has 0 aromatic carbocycles. The molecule has 1 rings (SSSR count). The summed E-state index contributed by atoms with van der Waals surface area (Å²) in [6.45, 7) is 2.13. The third-order valence-corrected chi connectivity index (χ3v) is 2.35. The fourth-order valence-corrected chi connectivity index (χ4v) is 1.74. The summed E-state index contributed by atoms with van der Waals surface area (Å²) in [6, 6.07) is 0. The average molecular weight is 140 g/mol. The molecule has 0 amide bonds. The molecule has 58 valence electrons. The zero-order valence-corrected chi connectivity index (χ0v) is 6.64. The van der Waals surface area contributed by atoms with Crippen LogP contribution in [0.1, 0.15) is 39.0 Å². The molecule has 0 saturated heterocycles. The predicted molar refractivity (Wildman–Crippen MR) is 43.9 cm³/mol. The zero-order valence-electron chi connectivity index (χ0n) is 6.64. The Balaban J connectivity index is 2.45. The van der Waals surface area contributed by atoms with Gasteiger partial charge in [0, 0.05) is 5.71 Å². The van der Waals surface area contributed by atoms with E-state index in [0.717, 1.165) is 12.3 Å². The van der Waals surface area contributed by atoms with Crippen LogP contribution in [0, 0.1) is 5.92 Å². The quantitative estimate of drug-likeness (QED) is 0.355. The first kappa shape index (κ1) is 7.58. The van der Waals surface area contributed by atoms with E-state index in [0.29, 0.717) is 0 Å².